The van der Waals surface area contributed by atoms with Crippen molar-refractivity contribution in [2.45, 2.75) is 19.3 Å². The van der Waals surface area contributed by atoms with E-state index in [1.165, 1.54) is 5.56 Å². The number of hydrogen-bond acceptors (Lipinski definition) is 2. The van der Waals surface area contributed by atoms with E-state index in [1.54, 1.807) is 0 Å². The SMILES string of the molecule is OCCCCc1ccc(I)nc1. The number of pyridine rings is 1. The monoisotopic (exact) mass is 277 g/mol. The topological polar surface area (TPSA) is 33.1 Å². The molecule has 0 saturated heterocycles. The van der Waals surface area contributed by atoms with E-state index in [1.807, 2.05) is 12.3 Å². The van der Waals surface area contributed by atoms with Gasteiger partial charge in [-0.1, -0.05) is 6.07 Å². The van der Waals surface area contributed by atoms with Crippen molar-refractivity contribution >= 4 is 22.6 Å². The molecule has 1 aromatic heterocycles. The van der Waals surface area contributed by atoms with Gasteiger partial charge in [0.1, 0.15) is 3.70 Å². The summed E-state index contributed by atoms with van der Waals surface area (Å²) in [6.07, 6.45) is 4.84. The van der Waals surface area contributed by atoms with Gasteiger partial charge in [0.05, 0.1) is 0 Å². The molecule has 12 heavy (non-hydrogen) atoms. The number of nitrogens with zero attached hydrogens (tertiary/aromatic N) is 1. The van der Waals surface area contributed by atoms with Gasteiger partial charge in [-0.15, -0.1) is 0 Å². The molecule has 0 aromatic carbocycles. The van der Waals surface area contributed by atoms with Crippen molar-refractivity contribution in [3.05, 3.63) is 27.6 Å². The first-order valence-corrected chi connectivity index (χ1v) is 5.12. The highest BCUT2D eigenvalue weighted by molar-refractivity contribution is 14.1. The van der Waals surface area contributed by atoms with Crippen molar-refractivity contribution < 1.29 is 5.11 Å². The summed E-state index contributed by atoms with van der Waals surface area (Å²) in [7, 11) is 0. The van der Waals surface area contributed by atoms with Gasteiger partial charge in [0, 0.05) is 12.8 Å². The van der Waals surface area contributed by atoms with E-state index in [0.29, 0.717) is 0 Å². The lowest BCUT2D eigenvalue weighted by molar-refractivity contribution is 0.284. The Labute approximate surface area is 86.2 Å². The summed E-state index contributed by atoms with van der Waals surface area (Å²) in [5.41, 5.74) is 1.25. The lowest BCUT2D eigenvalue weighted by atomic mass is 10.1. The molecule has 0 atom stereocenters. The number of aliphatic hydroxyl groups is 1. The molecule has 0 fully saturated rings. The molecular formula is C9H12INO. The molecule has 0 aliphatic rings. The lowest BCUT2D eigenvalue weighted by Gasteiger charge is -1.98. The molecule has 0 saturated carbocycles. The van der Waals surface area contributed by atoms with Crippen LogP contribution in [-0.2, 0) is 6.42 Å². The van der Waals surface area contributed by atoms with Crippen molar-refractivity contribution in [3.8, 4) is 0 Å². The Morgan fingerprint density at radius 3 is 2.75 bits per heavy atom. The Morgan fingerprint density at radius 2 is 2.17 bits per heavy atom. The highest BCUT2D eigenvalue weighted by Gasteiger charge is 1.93. The van der Waals surface area contributed by atoms with Gasteiger partial charge in [0.25, 0.3) is 0 Å². The molecule has 0 amide bonds. The van der Waals surface area contributed by atoms with E-state index in [2.05, 4.69) is 33.6 Å². The molecule has 0 aliphatic heterocycles. The van der Waals surface area contributed by atoms with Crippen LogP contribution in [0.15, 0.2) is 18.3 Å². The predicted molar refractivity (Wildman–Crippen MR) is 57.0 cm³/mol. The summed E-state index contributed by atoms with van der Waals surface area (Å²) >= 11 is 2.19. The van der Waals surface area contributed by atoms with Gasteiger partial charge in [0.2, 0.25) is 0 Å². The fraction of sp³-hybridized carbons (Fsp3) is 0.444. The van der Waals surface area contributed by atoms with Crippen molar-refractivity contribution in [1.82, 2.24) is 4.98 Å². The van der Waals surface area contributed by atoms with Crippen LogP contribution in [0.5, 0.6) is 0 Å². The Kier molecular flexibility index (Phi) is 4.53. The van der Waals surface area contributed by atoms with Crippen molar-refractivity contribution in [1.29, 1.82) is 0 Å². The van der Waals surface area contributed by atoms with Crippen LogP contribution < -0.4 is 0 Å². The minimum atomic E-state index is 0.289. The van der Waals surface area contributed by atoms with Gasteiger partial charge in [0.15, 0.2) is 0 Å². The van der Waals surface area contributed by atoms with Crippen LogP contribution in [0, 0.1) is 3.70 Å². The number of aryl methyl sites for hydroxylation is 1. The van der Waals surface area contributed by atoms with Gasteiger partial charge >= 0.3 is 0 Å². The number of aliphatic hydroxyl groups excluding tert-OH is 1. The second-order valence-corrected chi connectivity index (χ2v) is 3.78. The summed E-state index contributed by atoms with van der Waals surface area (Å²) in [6, 6.07) is 4.10. The van der Waals surface area contributed by atoms with Gasteiger partial charge < -0.3 is 5.11 Å². The third-order valence-electron chi connectivity index (χ3n) is 1.66. The second kappa shape index (κ2) is 5.48. The van der Waals surface area contributed by atoms with Crippen LogP contribution in [0.25, 0.3) is 0 Å². The highest BCUT2D eigenvalue weighted by Crippen LogP contribution is 2.06. The van der Waals surface area contributed by atoms with E-state index in [0.717, 1.165) is 23.0 Å². The summed E-state index contributed by atoms with van der Waals surface area (Å²) in [6.45, 7) is 0.289. The molecule has 1 heterocycles. The third kappa shape index (κ3) is 3.49. The molecule has 66 valence electrons. The molecule has 1 N–H and O–H groups in total. The third-order valence-corrected chi connectivity index (χ3v) is 2.30. The molecule has 1 rings (SSSR count). The van der Waals surface area contributed by atoms with Gasteiger partial charge in [-0.3, -0.25) is 4.98 Å². The minimum absolute atomic E-state index is 0.289. The van der Waals surface area contributed by atoms with E-state index >= 15 is 0 Å². The number of unbranched alkanes of at least 4 members (excludes halogenated alkanes) is 1. The minimum Gasteiger partial charge on any atom is -0.396 e. The van der Waals surface area contributed by atoms with Crippen LogP contribution in [0.1, 0.15) is 18.4 Å². The largest absolute Gasteiger partial charge is 0.396 e. The molecule has 0 aliphatic carbocycles. The van der Waals surface area contributed by atoms with Gasteiger partial charge in [-0.2, -0.15) is 0 Å². The van der Waals surface area contributed by atoms with E-state index < -0.39 is 0 Å². The van der Waals surface area contributed by atoms with Crippen LogP contribution >= 0.6 is 22.6 Å². The zero-order valence-corrected chi connectivity index (χ0v) is 8.99. The zero-order valence-electron chi connectivity index (χ0n) is 6.83. The van der Waals surface area contributed by atoms with Gasteiger partial charge in [-0.05, 0) is 53.5 Å². The number of halogens is 1. The smallest absolute Gasteiger partial charge is 0.101 e. The zero-order chi connectivity index (χ0) is 8.81. The van der Waals surface area contributed by atoms with E-state index in [-0.39, 0.29) is 6.61 Å². The molecule has 3 heteroatoms. The Morgan fingerprint density at radius 1 is 1.33 bits per heavy atom. The summed E-state index contributed by atoms with van der Waals surface area (Å²) in [4.78, 5) is 4.18. The molecule has 0 bridgehead atoms. The molecular weight excluding hydrogens is 265 g/mol. The highest BCUT2D eigenvalue weighted by atomic mass is 127. The van der Waals surface area contributed by atoms with Crippen molar-refractivity contribution in [2.24, 2.45) is 0 Å². The molecule has 0 unspecified atom stereocenters. The average molecular weight is 277 g/mol. The summed E-state index contributed by atoms with van der Waals surface area (Å²) in [5, 5.41) is 8.57. The first-order chi connectivity index (χ1) is 5.83. The number of aromatic nitrogens is 1. The van der Waals surface area contributed by atoms with Crippen LogP contribution in [0.3, 0.4) is 0 Å². The fourth-order valence-corrected chi connectivity index (χ4v) is 1.31. The maximum atomic E-state index is 8.57. The molecule has 1 aromatic rings. The Bertz CT molecular complexity index is 222. The van der Waals surface area contributed by atoms with Crippen molar-refractivity contribution in [3.63, 3.8) is 0 Å². The average Bonchev–Trinajstić information content (AvgIpc) is 2.09. The van der Waals surface area contributed by atoms with E-state index in [9.17, 15) is 0 Å². The maximum Gasteiger partial charge on any atom is 0.101 e. The Hall–Kier alpha value is -0.160. The normalized spacial score (nSPS) is 10.2. The molecule has 2 nitrogen and oxygen atoms in total. The quantitative estimate of drug-likeness (QED) is 0.519. The van der Waals surface area contributed by atoms with Crippen LogP contribution in [0.2, 0.25) is 0 Å². The lowest BCUT2D eigenvalue weighted by Crippen LogP contribution is -1.90. The fourth-order valence-electron chi connectivity index (χ4n) is 0.995. The maximum absolute atomic E-state index is 8.57. The second-order valence-electron chi connectivity index (χ2n) is 2.67. The first-order valence-electron chi connectivity index (χ1n) is 4.04. The summed E-state index contributed by atoms with van der Waals surface area (Å²) < 4.78 is 1.03. The van der Waals surface area contributed by atoms with Crippen molar-refractivity contribution in [2.75, 3.05) is 6.61 Å². The number of rotatable bonds is 4. The number of hydrogen-bond donors (Lipinski definition) is 1. The standard InChI is InChI=1S/C9H12INO/c10-9-5-4-8(7-11-9)3-1-2-6-12/h4-5,7,12H,1-3,6H2. The first kappa shape index (κ1) is 9.92. The molecule has 0 spiro atoms. The van der Waals surface area contributed by atoms with Gasteiger partial charge in [-0.25, -0.2) is 0 Å². The molecule has 0 radical (unpaired) electrons. The van der Waals surface area contributed by atoms with Crippen LogP contribution in [0.4, 0.5) is 0 Å². The Balaban J connectivity index is 2.37. The van der Waals surface area contributed by atoms with Crippen LogP contribution in [-0.4, -0.2) is 16.7 Å². The predicted octanol–water partition coefficient (Wildman–Crippen LogP) is 2.00. The van der Waals surface area contributed by atoms with E-state index in [4.69, 9.17) is 5.11 Å². The summed E-state index contributed by atoms with van der Waals surface area (Å²) in [5.74, 6) is 0.